The molecule has 1 fully saturated rings. The van der Waals surface area contributed by atoms with Crippen molar-refractivity contribution in [3.63, 3.8) is 0 Å². The number of carbonyl (C=O) groups excluding carboxylic acids is 1. The lowest BCUT2D eigenvalue weighted by molar-refractivity contribution is -0.122. The molecule has 7 nitrogen and oxygen atoms in total. The van der Waals surface area contributed by atoms with Gasteiger partial charge in [0.25, 0.3) is 0 Å². The zero-order chi connectivity index (χ0) is 24.3. The van der Waals surface area contributed by atoms with E-state index in [-0.39, 0.29) is 18.4 Å². The fourth-order valence-electron chi connectivity index (χ4n) is 4.83. The molecule has 1 aliphatic heterocycles. The fraction of sp³-hybridized carbons (Fsp3) is 0.696. The van der Waals surface area contributed by atoms with Crippen LogP contribution in [0.4, 0.5) is 18.3 Å². The van der Waals surface area contributed by atoms with Gasteiger partial charge in [0.2, 0.25) is 5.91 Å². The van der Waals surface area contributed by atoms with Crippen molar-refractivity contribution >= 4 is 22.4 Å². The highest BCUT2D eigenvalue weighted by atomic mass is 32.1. The van der Waals surface area contributed by atoms with E-state index in [1.165, 1.54) is 23.3 Å². The molecule has 0 aromatic carbocycles. The first-order valence-electron chi connectivity index (χ1n) is 11.8. The van der Waals surface area contributed by atoms with E-state index >= 15 is 0 Å². The molecule has 11 heteroatoms. The first-order valence-corrected chi connectivity index (χ1v) is 12.7. The lowest BCUT2D eigenvalue weighted by atomic mass is 9.84. The summed E-state index contributed by atoms with van der Waals surface area (Å²) in [6.45, 7) is 3.45. The molecule has 2 aromatic heterocycles. The second kappa shape index (κ2) is 10.6. The second-order valence-electron chi connectivity index (χ2n) is 9.55. The Bertz CT molecular complexity index is 968. The van der Waals surface area contributed by atoms with Crippen molar-refractivity contribution in [3.8, 4) is 0 Å². The van der Waals surface area contributed by atoms with E-state index in [9.17, 15) is 18.0 Å². The van der Waals surface area contributed by atoms with Gasteiger partial charge in [-0.1, -0.05) is 5.16 Å². The summed E-state index contributed by atoms with van der Waals surface area (Å²) in [5.41, 5.74) is 1.70. The number of nitrogens with zero attached hydrogens (tertiary/aromatic N) is 4. The number of anilines is 1. The van der Waals surface area contributed by atoms with Crippen molar-refractivity contribution < 1.29 is 22.5 Å². The van der Waals surface area contributed by atoms with Crippen LogP contribution in [0.3, 0.4) is 0 Å². The predicted molar refractivity (Wildman–Crippen MR) is 124 cm³/mol. The number of hydrogen-bond donors (Lipinski definition) is 1. The minimum absolute atomic E-state index is 0.0211. The zero-order valence-corrected chi connectivity index (χ0v) is 20.5. The highest BCUT2D eigenvalue weighted by Gasteiger charge is 2.31. The molecule has 1 N–H and O–H groups in total. The van der Waals surface area contributed by atoms with E-state index in [0.717, 1.165) is 67.9 Å². The normalized spacial score (nSPS) is 21.3. The van der Waals surface area contributed by atoms with Gasteiger partial charge in [0.15, 0.2) is 5.13 Å². The third kappa shape index (κ3) is 6.94. The minimum atomic E-state index is -4.23. The van der Waals surface area contributed by atoms with Gasteiger partial charge in [-0.15, -0.1) is 11.3 Å². The number of alkyl halides is 3. The monoisotopic (exact) mass is 499 g/mol. The molecule has 0 bridgehead atoms. The first-order chi connectivity index (χ1) is 16.1. The van der Waals surface area contributed by atoms with Gasteiger partial charge in [0, 0.05) is 37.1 Å². The Hall–Kier alpha value is -2.14. The molecule has 0 spiro atoms. The third-order valence-electron chi connectivity index (χ3n) is 6.62. The summed E-state index contributed by atoms with van der Waals surface area (Å²) in [4.78, 5) is 21.4. The van der Waals surface area contributed by atoms with Crippen LogP contribution in [0.25, 0.3) is 0 Å². The van der Waals surface area contributed by atoms with E-state index in [1.54, 1.807) is 6.07 Å². The number of aryl methyl sites for hydroxylation is 1. The Balaban J connectivity index is 1.17. The SMILES string of the molecule is Cc1cc(CC(=O)NC2CCC(CCN3CCc4sc(N(C)CC(F)(F)F)nc4C3)CC2)on1. The summed E-state index contributed by atoms with van der Waals surface area (Å²) < 4.78 is 43.2. The predicted octanol–water partition coefficient (Wildman–Crippen LogP) is 4.10. The number of fused-ring (bicyclic) bond motifs is 1. The molecule has 1 aliphatic carbocycles. The number of thiazole rings is 1. The van der Waals surface area contributed by atoms with Crippen molar-refractivity contribution in [2.75, 3.05) is 31.6 Å². The Kier molecular flexibility index (Phi) is 7.81. The summed E-state index contributed by atoms with van der Waals surface area (Å²) in [5, 5.41) is 7.38. The largest absolute Gasteiger partial charge is 0.405 e. The molecule has 2 aromatic rings. The van der Waals surface area contributed by atoms with Gasteiger partial charge in [0.1, 0.15) is 12.3 Å². The van der Waals surface area contributed by atoms with Gasteiger partial charge in [-0.25, -0.2) is 4.98 Å². The van der Waals surface area contributed by atoms with Crippen LogP contribution in [0.5, 0.6) is 0 Å². The molecule has 0 unspecified atom stereocenters. The summed E-state index contributed by atoms with van der Waals surface area (Å²) in [6, 6.07) is 2.00. The van der Waals surface area contributed by atoms with E-state index in [2.05, 4.69) is 20.4 Å². The van der Waals surface area contributed by atoms with E-state index in [1.807, 2.05) is 6.92 Å². The molecular formula is C23H32F3N5O2S. The highest BCUT2D eigenvalue weighted by molar-refractivity contribution is 7.15. The van der Waals surface area contributed by atoms with Gasteiger partial charge in [0.05, 0.1) is 17.8 Å². The quantitative estimate of drug-likeness (QED) is 0.590. The van der Waals surface area contributed by atoms with Gasteiger partial charge >= 0.3 is 6.18 Å². The first kappa shape index (κ1) is 25.0. The molecule has 188 valence electrons. The number of carbonyl (C=O) groups is 1. The second-order valence-corrected chi connectivity index (χ2v) is 10.6. The van der Waals surface area contributed by atoms with E-state index < -0.39 is 12.7 Å². The Morgan fingerprint density at radius 3 is 2.76 bits per heavy atom. The van der Waals surface area contributed by atoms with Gasteiger partial charge < -0.3 is 14.7 Å². The van der Waals surface area contributed by atoms with Crippen LogP contribution in [0.2, 0.25) is 0 Å². The van der Waals surface area contributed by atoms with Gasteiger partial charge in [-0.05, 0) is 57.9 Å². The topological polar surface area (TPSA) is 74.5 Å². The number of aromatic nitrogens is 2. The molecule has 0 atom stereocenters. The average molecular weight is 500 g/mol. The summed E-state index contributed by atoms with van der Waals surface area (Å²) >= 11 is 1.38. The number of amides is 1. The van der Waals surface area contributed by atoms with Crippen molar-refractivity contribution in [1.82, 2.24) is 20.4 Å². The fourth-order valence-corrected chi connectivity index (χ4v) is 5.84. The Labute approximate surface area is 201 Å². The van der Waals surface area contributed by atoms with Crippen molar-refractivity contribution in [1.29, 1.82) is 0 Å². The van der Waals surface area contributed by atoms with E-state index in [4.69, 9.17) is 4.52 Å². The summed E-state index contributed by atoms with van der Waals surface area (Å²) in [5.74, 6) is 1.20. The maximum Gasteiger partial charge on any atom is 0.405 e. The third-order valence-corrected chi connectivity index (χ3v) is 7.89. The molecule has 1 amide bonds. The molecule has 3 heterocycles. The van der Waals surface area contributed by atoms with Crippen LogP contribution in [-0.2, 0) is 24.2 Å². The summed E-state index contributed by atoms with van der Waals surface area (Å²) in [6.07, 6.45) is 2.08. The Morgan fingerprint density at radius 1 is 1.32 bits per heavy atom. The highest BCUT2D eigenvalue weighted by Crippen LogP contribution is 2.32. The van der Waals surface area contributed by atoms with Crippen molar-refractivity contribution in [3.05, 3.63) is 28.1 Å². The molecule has 1 saturated carbocycles. The molecule has 0 saturated heterocycles. The Morgan fingerprint density at radius 2 is 2.09 bits per heavy atom. The number of hydrogen-bond acceptors (Lipinski definition) is 7. The maximum atomic E-state index is 12.7. The molecular weight excluding hydrogens is 467 g/mol. The van der Waals surface area contributed by atoms with Crippen LogP contribution in [-0.4, -0.2) is 59.8 Å². The zero-order valence-electron chi connectivity index (χ0n) is 19.7. The standard InChI is InChI=1S/C23H32F3N5O2S/c1-15-11-18(33-29-15)12-21(32)27-17-5-3-16(4-6-17)7-9-31-10-8-20-19(13-31)28-22(34-20)30(2)14-23(24,25)26/h11,16-17H,3-10,12-14H2,1-2H3,(H,27,32). The van der Waals surface area contributed by atoms with Crippen LogP contribution in [0.1, 0.15) is 54.1 Å². The number of halogens is 3. The van der Waals surface area contributed by atoms with Gasteiger partial charge in [-0.3, -0.25) is 9.69 Å². The lowest BCUT2D eigenvalue weighted by Crippen LogP contribution is -2.39. The van der Waals surface area contributed by atoms with Crippen LogP contribution >= 0.6 is 11.3 Å². The summed E-state index contributed by atoms with van der Waals surface area (Å²) in [7, 11) is 1.45. The lowest BCUT2D eigenvalue weighted by Gasteiger charge is -2.32. The molecule has 2 aliphatic rings. The molecule has 0 radical (unpaired) electrons. The molecule has 34 heavy (non-hydrogen) atoms. The average Bonchev–Trinajstić information content (AvgIpc) is 3.37. The van der Waals surface area contributed by atoms with Crippen LogP contribution in [0.15, 0.2) is 10.6 Å². The smallest absolute Gasteiger partial charge is 0.361 e. The number of nitrogens with one attached hydrogen (secondary N) is 1. The van der Waals surface area contributed by atoms with E-state index in [0.29, 0.717) is 23.4 Å². The van der Waals surface area contributed by atoms with Crippen LogP contribution in [0, 0.1) is 12.8 Å². The van der Waals surface area contributed by atoms with Crippen molar-refractivity contribution in [2.45, 2.75) is 70.6 Å². The number of rotatable bonds is 8. The van der Waals surface area contributed by atoms with Gasteiger partial charge in [-0.2, -0.15) is 13.2 Å². The molecule has 4 rings (SSSR count). The maximum absolute atomic E-state index is 12.7. The minimum Gasteiger partial charge on any atom is -0.361 e. The van der Waals surface area contributed by atoms with Crippen molar-refractivity contribution in [2.24, 2.45) is 5.92 Å². The van der Waals surface area contributed by atoms with Crippen LogP contribution < -0.4 is 10.2 Å².